The molecule has 4 heterocycles. The number of aromatic nitrogens is 3. The van der Waals surface area contributed by atoms with E-state index in [2.05, 4.69) is 10.2 Å². The predicted molar refractivity (Wildman–Crippen MR) is 136 cm³/mol. The molecule has 2 atom stereocenters. The molecule has 200 valence electrons. The highest BCUT2D eigenvalue weighted by atomic mass is 32.1. The van der Waals surface area contributed by atoms with Gasteiger partial charge in [0.2, 0.25) is 5.43 Å². The highest BCUT2D eigenvalue weighted by Crippen LogP contribution is 2.34. The maximum atomic E-state index is 13.7. The molecular weight excluding hydrogens is 515 g/mol. The summed E-state index contributed by atoms with van der Waals surface area (Å²) in [5, 5.41) is 29.9. The van der Waals surface area contributed by atoms with Crippen molar-refractivity contribution in [2.24, 2.45) is 5.73 Å². The van der Waals surface area contributed by atoms with E-state index in [1.165, 1.54) is 28.1 Å². The van der Waals surface area contributed by atoms with Crippen LogP contribution in [0.4, 0.5) is 4.39 Å². The monoisotopic (exact) mass is 542 g/mol. The molecule has 3 aromatic rings. The molecule has 2 amide bonds. The number of amides is 2. The summed E-state index contributed by atoms with van der Waals surface area (Å²) < 4.78 is 14.4. The van der Waals surface area contributed by atoms with Crippen LogP contribution in [0, 0.1) is 5.82 Å². The first-order valence-electron chi connectivity index (χ1n) is 12.1. The van der Waals surface area contributed by atoms with E-state index in [-0.39, 0.29) is 47.8 Å². The second-order valence-electron chi connectivity index (χ2n) is 9.89. The topological polar surface area (TPSA) is 155 Å². The Morgan fingerprint density at radius 3 is 2.61 bits per heavy atom. The van der Waals surface area contributed by atoms with E-state index < -0.39 is 34.8 Å². The number of aromatic hydroxyl groups is 1. The Labute approximate surface area is 220 Å². The van der Waals surface area contributed by atoms with Gasteiger partial charge in [-0.1, -0.05) is 23.5 Å². The van der Waals surface area contributed by atoms with E-state index in [9.17, 15) is 29.0 Å². The minimum Gasteiger partial charge on any atom is -0.503 e. The lowest BCUT2D eigenvalue weighted by molar-refractivity contribution is -0.141. The fourth-order valence-corrected chi connectivity index (χ4v) is 5.70. The lowest BCUT2D eigenvalue weighted by atomic mass is 10.00. The third kappa shape index (κ3) is 4.36. The van der Waals surface area contributed by atoms with Crippen LogP contribution in [-0.2, 0) is 16.9 Å². The average molecular weight is 543 g/mol. The van der Waals surface area contributed by atoms with E-state index in [0.29, 0.717) is 17.8 Å². The molecule has 0 bridgehead atoms. The molecule has 11 nitrogen and oxygen atoms in total. The van der Waals surface area contributed by atoms with Gasteiger partial charge in [-0.25, -0.2) is 4.39 Å². The maximum Gasteiger partial charge on any atom is 0.274 e. The fourth-order valence-electron chi connectivity index (χ4n) is 4.82. The molecule has 4 N–H and O–H groups in total. The van der Waals surface area contributed by atoms with Gasteiger partial charge in [-0.05, 0) is 38.0 Å². The van der Waals surface area contributed by atoms with Crippen molar-refractivity contribution in [1.29, 1.82) is 0 Å². The minimum atomic E-state index is -1.85. The fraction of sp³-hybridized carbons (Fsp3) is 0.400. The molecule has 0 aliphatic carbocycles. The number of aliphatic hydroxyl groups is 1. The molecular formula is C25H27FN6O5S. The molecule has 2 aliphatic heterocycles. The summed E-state index contributed by atoms with van der Waals surface area (Å²) in [5.41, 5.74) is 4.39. The highest BCUT2D eigenvalue weighted by molar-refractivity contribution is 7.14. The van der Waals surface area contributed by atoms with Crippen LogP contribution >= 0.6 is 11.3 Å². The van der Waals surface area contributed by atoms with Gasteiger partial charge in [0.15, 0.2) is 22.1 Å². The van der Waals surface area contributed by atoms with Gasteiger partial charge in [0.25, 0.3) is 11.8 Å². The number of fused-ring (bicyclic) bond motifs is 1. The van der Waals surface area contributed by atoms with Gasteiger partial charge in [-0.2, -0.15) is 0 Å². The van der Waals surface area contributed by atoms with E-state index in [1.54, 1.807) is 26.0 Å². The van der Waals surface area contributed by atoms with Crippen molar-refractivity contribution in [2.75, 3.05) is 19.6 Å². The number of nitrogens with two attached hydrogens (primary N) is 1. The van der Waals surface area contributed by atoms with Crippen LogP contribution in [0.15, 0.2) is 35.3 Å². The molecule has 38 heavy (non-hydrogen) atoms. The van der Waals surface area contributed by atoms with Crippen LogP contribution in [0.1, 0.15) is 41.3 Å². The number of aliphatic hydroxyl groups excluding tert-OH is 1. The van der Waals surface area contributed by atoms with Crippen LogP contribution in [0.3, 0.4) is 0 Å². The van der Waals surface area contributed by atoms with Crippen LogP contribution in [0.25, 0.3) is 10.6 Å². The predicted octanol–water partition coefficient (Wildman–Crippen LogP) is 0.871. The number of likely N-dealkylation sites (tertiary alicyclic amines) is 1. The summed E-state index contributed by atoms with van der Waals surface area (Å²) in [6.07, 6.45) is 1.32. The summed E-state index contributed by atoms with van der Waals surface area (Å²) >= 11 is 1.09. The Kier molecular flexibility index (Phi) is 6.53. The molecule has 0 saturated carbocycles. The smallest absolute Gasteiger partial charge is 0.274 e. The first-order chi connectivity index (χ1) is 18.0. The first kappa shape index (κ1) is 25.9. The van der Waals surface area contributed by atoms with Gasteiger partial charge in [0.1, 0.15) is 10.8 Å². The number of benzene rings is 1. The van der Waals surface area contributed by atoms with Gasteiger partial charge in [-0.15, -0.1) is 10.2 Å². The maximum absolute atomic E-state index is 13.7. The molecule has 5 rings (SSSR count). The zero-order chi connectivity index (χ0) is 27.4. The number of β-amino-alcohol motifs (C(OH)–C–C–N with tert-alkyl or cyclic N) is 1. The summed E-state index contributed by atoms with van der Waals surface area (Å²) in [4.78, 5) is 43.0. The summed E-state index contributed by atoms with van der Waals surface area (Å²) in [6.45, 7) is 3.66. The van der Waals surface area contributed by atoms with Crippen LogP contribution in [0.5, 0.6) is 5.75 Å². The molecule has 13 heteroatoms. The molecule has 1 fully saturated rings. The van der Waals surface area contributed by atoms with Gasteiger partial charge in [0, 0.05) is 31.7 Å². The number of carbonyl (C=O) groups is 2. The Balaban J connectivity index is 1.60. The zero-order valence-corrected chi connectivity index (χ0v) is 21.6. The van der Waals surface area contributed by atoms with Crippen molar-refractivity contribution >= 4 is 23.2 Å². The quantitative estimate of drug-likeness (QED) is 0.429. The molecule has 0 radical (unpaired) electrons. The van der Waals surface area contributed by atoms with Crippen molar-refractivity contribution in [3.63, 3.8) is 0 Å². The average Bonchev–Trinajstić information content (AvgIpc) is 3.52. The molecule has 2 unspecified atom stereocenters. The van der Waals surface area contributed by atoms with Gasteiger partial charge in [0.05, 0.1) is 18.2 Å². The molecule has 1 aromatic carbocycles. The number of carbonyl (C=O) groups excluding carboxylic acids is 2. The van der Waals surface area contributed by atoms with Crippen LogP contribution in [0.2, 0.25) is 0 Å². The number of pyridine rings is 1. The Bertz CT molecular complexity index is 1470. The second-order valence-corrected chi connectivity index (χ2v) is 11.0. The van der Waals surface area contributed by atoms with Crippen molar-refractivity contribution in [2.45, 2.75) is 44.5 Å². The largest absolute Gasteiger partial charge is 0.503 e. The van der Waals surface area contributed by atoms with E-state index in [4.69, 9.17) is 5.73 Å². The van der Waals surface area contributed by atoms with E-state index in [1.807, 2.05) is 0 Å². The van der Waals surface area contributed by atoms with Crippen molar-refractivity contribution in [3.8, 4) is 16.3 Å². The van der Waals surface area contributed by atoms with Gasteiger partial charge in [-0.3, -0.25) is 20.1 Å². The molecule has 0 spiro atoms. The van der Waals surface area contributed by atoms with Crippen LogP contribution < -0.4 is 11.2 Å². The standard InChI is InChI=1S/C25H27FN6O5S/c1-13(2)31-12-25(27,24(37)30-8-7-16(33)10-30)32-11-17(20(34)21(35)19(32)23(31)36)22-29-28-18(38-22)9-14-3-5-15(26)6-4-14/h3-6,11,13,16,33,35H,7-10,12,27H2,1-2H3. The molecule has 1 saturated heterocycles. The number of halogens is 1. The lowest BCUT2D eigenvalue weighted by Crippen LogP contribution is -2.67. The highest BCUT2D eigenvalue weighted by Gasteiger charge is 2.50. The number of hydrogen-bond acceptors (Lipinski definition) is 9. The lowest BCUT2D eigenvalue weighted by Gasteiger charge is -2.44. The number of nitrogens with zero attached hydrogens (tertiary/aromatic N) is 5. The molecule has 2 aromatic heterocycles. The Morgan fingerprint density at radius 2 is 1.97 bits per heavy atom. The van der Waals surface area contributed by atoms with Crippen LogP contribution in [-0.4, -0.2) is 78.4 Å². The normalized spacial score (nSPS) is 21.3. The van der Waals surface area contributed by atoms with E-state index >= 15 is 0 Å². The number of rotatable bonds is 5. The Hall–Kier alpha value is -3.68. The second kappa shape index (κ2) is 9.57. The van der Waals surface area contributed by atoms with Gasteiger partial charge >= 0.3 is 0 Å². The van der Waals surface area contributed by atoms with Crippen molar-refractivity contribution < 1.29 is 24.2 Å². The first-order valence-corrected chi connectivity index (χ1v) is 12.9. The Morgan fingerprint density at radius 1 is 1.26 bits per heavy atom. The third-order valence-corrected chi connectivity index (χ3v) is 7.85. The van der Waals surface area contributed by atoms with Crippen molar-refractivity contribution in [1.82, 2.24) is 24.6 Å². The van der Waals surface area contributed by atoms with Gasteiger partial charge < -0.3 is 24.6 Å². The van der Waals surface area contributed by atoms with Crippen molar-refractivity contribution in [3.05, 3.63) is 62.8 Å². The molecule has 2 aliphatic rings. The zero-order valence-electron chi connectivity index (χ0n) is 20.8. The SMILES string of the molecule is CC(C)N1CC(N)(C(=O)N2CCC(O)C2)n2cc(-c3nnc(Cc4ccc(F)cc4)s3)c(=O)c(O)c2C1=O. The summed E-state index contributed by atoms with van der Waals surface area (Å²) in [6, 6.07) is 5.53. The number of hydrogen-bond donors (Lipinski definition) is 3. The third-order valence-electron chi connectivity index (χ3n) is 6.90. The summed E-state index contributed by atoms with van der Waals surface area (Å²) in [7, 11) is 0. The minimum absolute atomic E-state index is 0.0658. The van der Waals surface area contributed by atoms with E-state index in [0.717, 1.165) is 21.5 Å². The summed E-state index contributed by atoms with van der Waals surface area (Å²) in [5.74, 6) is -2.38.